The van der Waals surface area contributed by atoms with Gasteiger partial charge in [0.2, 0.25) is 0 Å². The molecule has 0 aliphatic heterocycles. The summed E-state index contributed by atoms with van der Waals surface area (Å²) in [6.07, 6.45) is 3.64. The van der Waals surface area contributed by atoms with Crippen molar-refractivity contribution in [1.29, 1.82) is 0 Å². The quantitative estimate of drug-likeness (QED) is 0.517. The molecule has 0 aliphatic rings. The van der Waals surface area contributed by atoms with Gasteiger partial charge in [0, 0.05) is 29.9 Å². The molecule has 2 aromatic rings. The number of allylic oxidation sites excluding steroid dienone is 1. The van der Waals surface area contributed by atoms with E-state index in [-0.39, 0.29) is 5.69 Å². The first-order valence-electron chi connectivity index (χ1n) is 5.99. The molecule has 0 unspecified atom stereocenters. The van der Waals surface area contributed by atoms with Gasteiger partial charge in [0.15, 0.2) is 0 Å². The number of para-hydroxylation sites is 1. The smallest absolute Gasteiger partial charge is 0.295 e. The van der Waals surface area contributed by atoms with Crippen LogP contribution in [0, 0.1) is 10.1 Å². The first kappa shape index (κ1) is 13.0. The largest absolute Gasteiger partial charge is 0.381 e. The zero-order chi connectivity index (χ0) is 13.8. The zero-order valence-electron chi connectivity index (χ0n) is 10.9. The fraction of sp³-hybridized carbons (Fsp3) is 0.214. The van der Waals surface area contributed by atoms with E-state index in [4.69, 9.17) is 0 Å². The molecular formula is C14H15N3O2. The Morgan fingerprint density at radius 2 is 2.21 bits per heavy atom. The van der Waals surface area contributed by atoms with Crippen LogP contribution in [-0.4, -0.2) is 16.5 Å². The summed E-state index contributed by atoms with van der Waals surface area (Å²) >= 11 is 0. The molecule has 2 rings (SSSR count). The lowest BCUT2D eigenvalue weighted by atomic mass is 10.1. The SMILES string of the molecule is CC(C)=CCNc1ccnc2c([N+](=O)[O-])cccc12. The number of fused-ring (bicyclic) bond motifs is 1. The fourth-order valence-electron chi connectivity index (χ4n) is 1.83. The molecule has 1 N–H and O–H groups in total. The number of nitro groups is 1. The zero-order valence-corrected chi connectivity index (χ0v) is 10.9. The van der Waals surface area contributed by atoms with Gasteiger partial charge in [-0.15, -0.1) is 0 Å². The molecule has 0 radical (unpaired) electrons. The number of benzene rings is 1. The van der Waals surface area contributed by atoms with Gasteiger partial charge in [0.05, 0.1) is 4.92 Å². The molecule has 5 nitrogen and oxygen atoms in total. The molecule has 98 valence electrons. The van der Waals surface area contributed by atoms with Gasteiger partial charge in [0.25, 0.3) is 5.69 Å². The maximum atomic E-state index is 11.0. The average Bonchev–Trinajstić information content (AvgIpc) is 2.37. The summed E-state index contributed by atoms with van der Waals surface area (Å²) in [7, 11) is 0. The summed E-state index contributed by atoms with van der Waals surface area (Å²) in [6.45, 7) is 4.73. The predicted octanol–water partition coefficient (Wildman–Crippen LogP) is 3.52. The number of pyridine rings is 1. The highest BCUT2D eigenvalue weighted by Gasteiger charge is 2.13. The summed E-state index contributed by atoms with van der Waals surface area (Å²) in [5.74, 6) is 0. The third-order valence-corrected chi connectivity index (χ3v) is 2.75. The standard InChI is InChI=1S/C14H15N3O2/c1-10(2)6-8-15-12-7-9-16-14-11(12)4-3-5-13(14)17(18)19/h3-7,9H,8H2,1-2H3,(H,15,16). The van der Waals surface area contributed by atoms with Crippen LogP contribution in [0.1, 0.15) is 13.8 Å². The first-order chi connectivity index (χ1) is 9.09. The predicted molar refractivity (Wildman–Crippen MR) is 76.3 cm³/mol. The molecule has 19 heavy (non-hydrogen) atoms. The summed E-state index contributed by atoms with van der Waals surface area (Å²) in [6, 6.07) is 6.80. The molecule has 0 amide bonds. The highest BCUT2D eigenvalue weighted by Crippen LogP contribution is 2.28. The number of aromatic nitrogens is 1. The van der Waals surface area contributed by atoms with Crippen molar-refractivity contribution in [1.82, 2.24) is 4.98 Å². The number of hydrogen-bond acceptors (Lipinski definition) is 4. The van der Waals surface area contributed by atoms with Gasteiger partial charge in [-0.25, -0.2) is 4.98 Å². The van der Waals surface area contributed by atoms with E-state index in [2.05, 4.69) is 16.4 Å². The minimum absolute atomic E-state index is 0.0309. The Morgan fingerprint density at radius 3 is 2.89 bits per heavy atom. The van der Waals surface area contributed by atoms with Crippen molar-refractivity contribution in [2.75, 3.05) is 11.9 Å². The molecule has 1 aromatic carbocycles. The lowest BCUT2D eigenvalue weighted by Crippen LogP contribution is -2.00. The van der Waals surface area contributed by atoms with Crippen molar-refractivity contribution in [2.45, 2.75) is 13.8 Å². The van der Waals surface area contributed by atoms with Gasteiger partial charge < -0.3 is 5.32 Å². The second-order valence-electron chi connectivity index (χ2n) is 4.45. The van der Waals surface area contributed by atoms with Crippen LogP contribution in [0.3, 0.4) is 0 Å². The molecule has 0 atom stereocenters. The van der Waals surface area contributed by atoms with Crippen LogP contribution >= 0.6 is 0 Å². The molecule has 1 aromatic heterocycles. The summed E-state index contributed by atoms with van der Waals surface area (Å²) in [5, 5.41) is 15.0. The summed E-state index contributed by atoms with van der Waals surface area (Å²) in [5.41, 5.74) is 2.51. The van der Waals surface area contributed by atoms with Gasteiger partial charge in [-0.1, -0.05) is 23.8 Å². The number of non-ortho nitro benzene ring substituents is 1. The van der Waals surface area contributed by atoms with Gasteiger partial charge in [-0.2, -0.15) is 0 Å². The summed E-state index contributed by atoms with van der Waals surface area (Å²) < 4.78 is 0. The topological polar surface area (TPSA) is 68.1 Å². The van der Waals surface area contributed by atoms with E-state index in [1.54, 1.807) is 12.3 Å². The van der Waals surface area contributed by atoms with E-state index in [9.17, 15) is 10.1 Å². The van der Waals surface area contributed by atoms with E-state index >= 15 is 0 Å². The van der Waals surface area contributed by atoms with Crippen LogP contribution in [0.4, 0.5) is 11.4 Å². The van der Waals surface area contributed by atoms with Crippen LogP contribution in [0.2, 0.25) is 0 Å². The number of nitro benzene ring substituents is 1. The second-order valence-corrected chi connectivity index (χ2v) is 4.45. The van der Waals surface area contributed by atoms with Crippen molar-refractivity contribution in [3.05, 3.63) is 52.2 Å². The van der Waals surface area contributed by atoms with E-state index in [1.165, 1.54) is 11.6 Å². The van der Waals surface area contributed by atoms with Crippen molar-refractivity contribution >= 4 is 22.3 Å². The van der Waals surface area contributed by atoms with Crippen LogP contribution in [-0.2, 0) is 0 Å². The van der Waals surface area contributed by atoms with Crippen LogP contribution in [0.15, 0.2) is 42.1 Å². The Hall–Kier alpha value is -2.43. The van der Waals surface area contributed by atoms with Gasteiger partial charge in [0.1, 0.15) is 5.52 Å². The number of anilines is 1. The number of nitrogens with zero attached hydrogens (tertiary/aromatic N) is 2. The second kappa shape index (κ2) is 5.48. The molecule has 0 spiro atoms. The summed E-state index contributed by atoms with van der Waals surface area (Å²) in [4.78, 5) is 14.7. The minimum atomic E-state index is -0.408. The normalized spacial score (nSPS) is 10.2. The Bertz CT molecular complexity index is 646. The highest BCUT2D eigenvalue weighted by molar-refractivity contribution is 5.96. The third-order valence-electron chi connectivity index (χ3n) is 2.75. The van der Waals surface area contributed by atoms with Gasteiger partial charge in [-0.05, 0) is 19.9 Å². The number of rotatable bonds is 4. The molecule has 0 saturated heterocycles. The molecule has 0 bridgehead atoms. The molecule has 0 fully saturated rings. The molecular weight excluding hydrogens is 242 g/mol. The van der Waals surface area contributed by atoms with Crippen molar-refractivity contribution < 1.29 is 4.92 Å². The van der Waals surface area contributed by atoms with Crippen LogP contribution in [0.25, 0.3) is 10.9 Å². The van der Waals surface area contributed by atoms with Crippen molar-refractivity contribution in [3.8, 4) is 0 Å². The van der Waals surface area contributed by atoms with Crippen molar-refractivity contribution in [2.24, 2.45) is 0 Å². The number of hydrogen-bond donors (Lipinski definition) is 1. The van der Waals surface area contributed by atoms with E-state index in [1.807, 2.05) is 26.0 Å². The highest BCUT2D eigenvalue weighted by atomic mass is 16.6. The van der Waals surface area contributed by atoms with Crippen molar-refractivity contribution in [3.63, 3.8) is 0 Å². The molecule has 5 heteroatoms. The number of nitrogens with one attached hydrogen (secondary N) is 1. The van der Waals surface area contributed by atoms with Gasteiger partial charge >= 0.3 is 0 Å². The van der Waals surface area contributed by atoms with E-state index in [0.29, 0.717) is 12.1 Å². The molecule has 1 heterocycles. The Morgan fingerprint density at radius 1 is 1.42 bits per heavy atom. The third kappa shape index (κ3) is 2.88. The van der Waals surface area contributed by atoms with Gasteiger partial charge in [-0.3, -0.25) is 10.1 Å². The lowest BCUT2D eigenvalue weighted by molar-refractivity contribution is -0.383. The average molecular weight is 257 g/mol. The Balaban J connectivity index is 2.43. The maximum Gasteiger partial charge on any atom is 0.295 e. The Labute approximate surface area is 111 Å². The minimum Gasteiger partial charge on any atom is -0.381 e. The van der Waals surface area contributed by atoms with E-state index in [0.717, 1.165) is 11.1 Å². The molecule has 0 saturated carbocycles. The van der Waals surface area contributed by atoms with Crippen LogP contribution < -0.4 is 5.32 Å². The molecule has 0 aliphatic carbocycles. The lowest BCUT2D eigenvalue weighted by Gasteiger charge is -2.07. The maximum absolute atomic E-state index is 11.0. The Kier molecular flexibility index (Phi) is 3.75. The fourth-order valence-corrected chi connectivity index (χ4v) is 1.83. The van der Waals surface area contributed by atoms with Crippen LogP contribution in [0.5, 0.6) is 0 Å². The monoisotopic (exact) mass is 257 g/mol. The van der Waals surface area contributed by atoms with E-state index < -0.39 is 4.92 Å². The first-order valence-corrected chi connectivity index (χ1v) is 5.99.